The van der Waals surface area contributed by atoms with Gasteiger partial charge in [0.15, 0.2) is 0 Å². The third-order valence-corrected chi connectivity index (χ3v) is 2.43. The average Bonchev–Trinajstić information content (AvgIpc) is 2.77. The largest absolute Gasteiger partial charge is 0.481 e. The van der Waals surface area contributed by atoms with E-state index in [0.717, 1.165) is 6.42 Å². The second-order valence-corrected chi connectivity index (χ2v) is 3.83. The summed E-state index contributed by atoms with van der Waals surface area (Å²) in [6.07, 6.45) is 1.02. The van der Waals surface area contributed by atoms with Gasteiger partial charge in [0.1, 0.15) is 0 Å². The second kappa shape index (κ2) is 4.30. The van der Waals surface area contributed by atoms with Gasteiger partial charge in [0.25, 0.3) is 0 Å². The van der Waals surface area contributed by atoms with Crippen LogP contribution in [0.3, 0.4) is 0 Å². The van der Waals surface area contributed by atoms with Crippen molar-refractivity contribution in [3.05, 3.63) is 0 Å². The Morgan fingerprint density at radius 1 is 1.57 bits per heavy atom. The number of carboxylic acids is 1. The Hall–Kier alpha value is -1.26. The highest BCUT2D eigenvalue weighted by molar-refractivity contribution is 5.75. The molecule has 1 aliphatic carbocycles. The van der Waals surface area contributed by atoms with Crippen LogP contribution >= 0.6 is 0 Å². The second-order valence-electron chi connectivity index (χ2n) is 3.83. The topological polar surface area (TPSA) is 69.6 Å². The van der Waals surface area contributed by atoms with Gasteiger partial charge in [0.2, 0.25) is 0 Å². The lowest BCUT2D eigenvalue weighted by atomic mass is 10.4. The van der Waals surface area contributed by atoms with Crippen molar-refractivity contribution in [2.24, 2.45) is 5.92 Å². The number of carbonyl (C=O) groups is 2. The number of rotatable bonds is 4. The van der Waals surface area contributed by atoms with E-state index in [1.54, 1.807) is 7.05 Å². The molecule has 0 aromatic rings. The molecule has 0 bridgehead atoms. The Bertz CT molecular complexity index is 242. The smallest absolute Gasteiger partial charge is 0.317 e. The summed E-state index contributed by atoms with van der Waals surface area (Å²) < 4.78 is 0. The molecular weight excluding hydrogens is 184 g/mol. The van der Waals surface area contributed by atoms with Crippen molar-refractivity contribution in [1.29, 1.82) is 0 Å². The highest BCUT2D eigenvalue weighted by Gasteiger charge is 2.34. The Balaban J connectivity index is 2.19. The molecule has 1 aliphatic rings. The number of nitrogens with zero attached hydrogens (tertiary/aromatic N) is 1. The van der Waals surface area contributed by atoms with Crippen molar-refractivity contribution in [2.75, 3.05) is 13.6 Å². The number of hydrogen-bond acceptors (Lipinski definition) is 2. The van der Waals surface area contributed by atoms with Gasteiger partial charge in [-0.3, -0.25) is 4.79 Å². The third kappa shape index (κ3) is 3.24. The van der Waals surface area contributed by atoms with Crippen molar-refractivity contribution < 1.29 is 14.7 Å². The molecule has 1 fully saturated rings. The van der Waals surface area contributed by atoms with Crippen LogP contribution in [-0.4, -0.2) is 41.6 Å². The third-order valence-electron chi connectivity index (χ3n) is 2.43. The molecule has 0 aromatic carbocycles. The molecular formula is C9H16N2O3. The molecule has 80 valence electrons. The van der Waals surface area contributed by atoms with Crippen molar-refractivity contribution in [3.63, 3.8) is 0 Å². The Morgan fingerprint density at radius 3 is 2.57 bits per heavy atom. The molecule has 0 spiro atoms. The zero-order valence-corrected chi connectivity index (χ0v) is 8.49. The lowest BCUT2D eigenvalue weighted by molar-refractivity contribution is -0.137. The Labute approximate surface area is 83.1 Å². The summed E-state index contributed by atoms with van der Waals surface area (Å²) in [5.74, 6) is -0.323. The van der Waals surface area contributed by atoms with Crippen molar-refractivity contribution >= 4 is 12.0 Å². The summed E-state index contributed by atoms with van der Waals surface area (Å²) in [6, 6.07) is 0.107. The van der Waals surface area contributed by atoms with Gasteiger partial charge in [-0.2, -0.15) is 0 Å². The highest BCUT2D eigenvalue weighted by Crippen LogP contribution is 2.28. The average molecular weight is 200 g/mol. The summed E-state index contributed by atoms with van der Waals surface area (Å²) in [5.41, 5.74) is 0. The van der Waals surface area contributed by atoms with Gasteiger partial charge < -0.3 is 15.3 Å². The van der Waals surface area contributed by atoms with E-state index in [0.29, 0.717) is 5.92 Å². The van der Waals surface area contributed by atoms with Gasteiger partial charge in [-0.25, -0.2) is 4.79 Å². The van der Waals surface area contributed by atoms with E-state index in [9.17, 15) is 9.59 Å². The van der Waals surface area contributed by atoms with E-state index in [-0.39, 0.29) is 25.0 Å². The number of carboxylic acid groups (broad SMARTS) is 1. The van der Waals surface area contributed by atoms with E-state index in [1.807, 2.05) is 0 Å². The fourth-order valence-corrected chi connectivity index (χ4v) is 1.16. The predicted molar refractivity (Wildman–Crippen MR) is 51.0 cm³/mol. The van der Waals surface area contributed by atoms with Crippen LogP contribution in [0.2, 0.25) is 0 Å². The number of carbonyl (C=O) groups excluding carboxylic acids is 1. The van der Waals surface area contributed by atoms with Crippen molar-refractivity contribution in [2.45, 2.75) is 25.8 Å². The number of urea groups is 1. The van der Waals surface area contributed by atoms with Gasteiger partial charge in [0.05, 0.1) is 6.42 Å². The quantitative estimate of drug-likeness (QED) is 0.694. The molecule has 1 saturated carbocycles. The van der Waals surface area contributed by atoms with Gasteiger partial charge in [-0.1, -0.05) is 6.92 Å². The molecule has 2 N–H and O–H groups in total. The van der Waals surface area contributed by atoms with E-state index in [2.05, 4.69) is 12.2 Å². The first-order chi connectivity index (χ1) is 6.50. The molecule has 0 aliphatic heterocycles. The normalized spacial score (nSPS) is 24.1. The molecule has 14 heavy (non-hydrogen) atoms. The number of amides is 2. The van der Waals surface area contributed by atoms with E-state index >= 15 is 0 Å². The highest BCUT2D eigenvalue weighted by atomic mass is 16.4. The molecule has 0 heterocycles. The zero-order valence-electron chi connectivity index (χ0n) is 8.49. The lowest BCUT2D eigenvalue weighted by Gasteiger charge is -2.16. The maximum atomic E-state index is 11.4. The lowest BCUT2D eigenvalue weighted by Crippen LogP contribution is -2.39. The SMILES string of the molecule is CC1CC1NC(=O)N(C)CCC(=O)O. The van der Waals surface area contributed by atoms with E-state index in [1.165, 1.54) is 4.90 Å². The molecule has 1 rings (SSSR count). The van der Waals surface area contributed by atoms with Crippen molar-refractivity contribution in [3.8, 4) is 0 Å². The first kappa shape index (κ1) is 10.8. The molecule has 2 unspecified atom stereocenters. The van der Waals surface area contributed by atoms with E-state index in [4.69, 9.17) is 5.11 Å². The minimum atomic E-state index is -0.885. The van der Waals surface area contributed by atoms with Crippen LogP contribution in [-0.2, 0) is 4.79 Å². The monoisotopic (exact) mass is 200 g/mol. The molecule has 2 atom stereocenters. The Kier molecular flexibility index (Phi) is 3.33. The van der Waals surface area contributed by atoms with Gasteiger partial charge >= 0.3 is 12.0 Å². The summed E-state index contributed by atoms with van der Waals surface area (Å²) in [6.45, 7) is 2.32. The van der Waals surface area contributed by atoms with Gasteiger partial charge in [-0.15, -0.1) is 0 Å². The van der Waals surface area contributed by atoms with Crippen LogP contribution in [0.15, 0.2) is 0 Å². The fraction of sp³-hybridized carbons (Fsp3) is 0.778. The summed E-state index contributed by atoms with van der Waals surface area (Å²) in [7, 11) is 1.60. The summed E-state index contributed by atoms with van der Waals surface area (Å²) in [4.78, 5) is 23.0. The predicted octanol–water partition coefficient (Wildman–Crippen LogP) is 0.511. The van der Waals surface area contributed by atoms with E-state index < -0.39 is 5.97 Å². The fourth-order valence-electron chi connectivity index (χ4n) is 1.16. The van der Waals surface area contributed by atoms with Crippen LogP contribution in [0.1, 0.15) is 19.8 Å². The van der Waals surface area contributed by atoms with Crippen LogP contribution in [0.4, 0.5) is 4.79 Å². The molecule has 0 saturated heterocycles. The number of hydrogen-bond donors (Lipinski definition) is 2. The molecule has 5 nitrogen and oxygen atoms in total. The van der Waals surface area contributed by atoms with Crippen molar-refractivity contribution in [1.82, 2.24) is 10.2 Å². The van der Waals surface area contributed by atoms with Gasteiger partial charge in [0, 0.05) is 19.6 Å². The van der Waals surface area contributed by atoms with Gasteiger partial charge in [-0.05, 0) is 12.3 Å². The molecule has 0 radical (unpaired) electrons. The maximum Gasteiger partial charge on any atom is 0.317 e. The first-order valence-electron chi connectivity index (χ1n) is 4.74. The van der Waals surface area contributed by atoms with Crippen LogP contribution < -0.4 is 5.32 Å². The Morgan fingerprint density at radius 2 is 2.14 bits per heavy atom. The van der Waals surface area contributed by atoms with Crippen LogP contribution in [0, 0.1) is 5.92 Å². The molecule has 0 aromatic heterocycles. The molecule has 2 amide bonds. The minimum absolute atomic E-state index is 0.00978. The minimum Gasteiger partial charge on any atom is -0.481 e. The van der Waals surface area contributed by atoms with Crippen LogP contribution in [0.25, 0.3) is 0 Å². The summed E-state index contributed by atoms with van der Waals surface area (Å²) >= 11 is 0. The number of nitrogens with one attached hydrogen (secondary N) is 1. The zero-order chi connectivity index (χ0) is 10.7. The maximum absolute atomic E-state index is 11.4. The molecule has 5 heteroatoms. The number of aliphatic carboxylic acids is 1. The summed E-state index contributed by atoms with van der Waals surface area (Å²) in [5, 5.41) is 11.2. The standard InChI is InChI=1S/C9H16N2O3/c1-6-5-7(6)10-9(14)11(2)4-3-8(12)13/h6-7H,3-5H2,1-2H3,(H,10,14)(H,12,13). The first-order valence-corrected chi connectivity index (χ1v) is 4.74. The van der Waals surface area contributed by atoms with Crippen LogP contribution in [0.5, 0.6) is 0 Å².